The molecule has 2 saturated carbocycles. The Bertz CT molecular complexity index is 636. The fourth-order valence-corrected chi connectivity index (χ4v) is 5.28. The van der Waals surface area contributed by atoms with Gasteiger partial charge in [0.1, 0.15) is 0 Å². The van der Waals surface area contributed by atoms with Gasteiger partial charge >= 0.3 is 0 Å². The van der Waals surface area contributed by atoms with E-state index < -0.39 is 0 Å². The molecule has 3 aliphatic rings. The van der Waals surface area contributed by atoms with Gasteiger partial charge in [-0.25, -0.2) is 0 Å². The van der Waals surface area contributed by atoms with Crippen molar-refractivity contribution in [1.82, 2.24) is 15.0 Å². The number of likely N-dealkylation sites (tertiary alicyclic amines) is 1. The second-order valence-corrected chi connectivity index (χ2v) is 8.97. The number of aromatic nitrogens is 2. The van der Waals surface area contributed by atoms with Crippen molar-refractivity contribution in [2.24, 2.45) is 23.5 Å². The van der Waals surface area contributed by atoms with Crippen LogP contribution in [-0.2, 0) is 4.79 Å². The zero-order valence-corrected chi connectivity index (χ0v) is 17.3. The second-order valence-electron chi connectivity index (χ2n) is 8.97. The number of halogens is 1. The van der Waals surface area contributed by atoms with Crippen molar-refractivity contribution >= 4 is 18.3 Å². The van der Waals surface area contributed by atoms with Gasteiger partial charge in [0.25, 0.3) is 0 Å². The molecule has 3 atom stereocenters. The number of fused-ring (bicyclic) bond motifs is 2. The zero-order valence-electron chi connectivity index (χ0n) is 16.5. The SMILES string of the molecule is CC(C)c1nc(C2CCCN(C(=O)C3CC4CCCC(C3)C4N)C2)no1.Cl. The highest BCUT2D eigenvalue weighted by molar-refractivity contribution is 5.85. The summed E-state index contributed by atoms with van der Waals surface area (Å²) in [6.45, 7) is 5.70. The summed E-state index contributed by atoms with van der Waals surface area (Å²) in [5.74, 6) is 3.50. The molecule has 1 aromatic heterocycles. The molecule has 6 nitrogen and oxygen atoms in total. The van der Waals surface area contributed by atoms with Gasteiger partial charge in [0.05, 0.1) is 0 Å². The Morgan fingerprint density at radius 2 is 1.89 bits per heavy atom. The van der Waals surface area contributed by atoms with E-state index in [1.165, 1.54) is 19.3 Å². The zero-order chi connectivity index (χ0) is 18.3. The molecule has 0 aromatic carbocycles. The molecule has 3 unspecified atom stereocenters. The number of nitrogens with two attached hydrogens (primary N) is 1. The van der Waals surface area contributed by atoms with Crippen molar-refractivity contribution in [1.29, 1.82) is 0 Å². The Hall–Kier alpha value is -1.14. The van der Waals surface area contributed by atoms with E-state index in [0.717, 1.165) is 44.6 Å². The molecule has 1 aliphatic heterocycles. The maximum atomic E-state index is 13.2. The molecule has 2 bridgehead atoms. The average molecular weight is 397 g/mol. The first-order valence-corrected chi connectivity index (χ1v) is 10.4. The van der Waals surface area contributed by atoms with Gasteiger partial charge in [0, 0.05) is 36.9 Å². The lowest BCUT2D eigenvalue weighted by Gasteiger charge is -2.45. The number of hydrogen-bond donors (Lipinski definition) is 1. The van der Waals surface area contributed by atoms with E-state index in [4.69, 9.17) is 10.3 Å². The fourth-order valence-electron chi connectivity index (χ4n) is 5.28. The van der Waals surface area contributed by atoms with Gasteiger partial charge in [0.15, 0.2) is 5.82 Å². The number of carbonyl (C=O) groups is 1. The number of amides is 1. The van der Waals surface area contributed by atoms with Gasteiger partial charge in [0.2, 0.25) is 11.8 Å². The minimum Gasteiger partial charge on any atom is -0.342 e. The molecule has 2 heterocycles. The summed E-state index contributed by atoms with van der Waals surface area (Å²) in [5.41, 5.74) is 6.40. The van der Waals surface area contributed by atoms with E-state index >= 15 is 0 Å². The molecule has 1 aromatic rings. The van der Waals surface area contributed by atoms with Crippen molar-refractivity contribution < 1.29 is 9.32 Å². The summed E-state index contributed by atoms with van der Waals surface area (Å²) >= 11 is 0. The lowest BCUT2D eigenvalue weighted by molar-refractivity contribution is -0.140. The first-order chi connectivity index (χ1) is 12.5. The summed E-state index contributed by atoms with van der Waals surface area (Å²) in [6, 6.07) is 0.315. The third-order valence-electron chi connectivity index (χ3n) is 6.81. The van der Waals surface area contributed by atoms with Crippen molar-refractivity contribution in [3.8, 4) is 0 Å². The molecule has 152 valence electrons. The molecular weight excluding hydrogens is 364 g/mol. The number of nitrogens with zero attached hydrogens (tertiary/aromatic N) is 3. The Morgan fingerprint density at radius 3 is 2.52 bits per heavy atom. The Balaban J connectivity index is 0.00000210. The first kappa shape index (κ1) is 20.6. The lowest BCUT2D eigenvalue weighted by atomic mass is 9.65. The van der Waals surface area contributed by atoms with Crippen molar-refractivity contribution in [2.45, 2.75) is 76.7 Å². The van der Waals surface area contributed by atoms with Crippen molar-refractivity contribution in [3.05, 3.63) is 11.7 Å². The maximum absolute atomic E-state index is 13.2. The van der Waals surface area contributed by atoms with Crippen molar-refractivity contribution in [3.63, 3.8) is 0 Å². The summed E-state index contributed by atoms with van der Waals surface area (Å²) in [4.78, 5) is 19.8. The van der Waals surface area contributed by atoms with E-state index in [1.807, 2.05) is 0 Å². The molecule has 0 spiro atoms. The smallest absolute Gasteiger partial charge is 0.229 e. The van der Waals surface area contributed by atoms with Gasteiger partial charge in [-0.1, -0.05) is 25.4 Å². The predicted octanol–water partition coefficient (Wildman–Crippen LogP) is 3.47. The van der Waals surface area contributed by atoms with Gasteiger partial charge in [-0.3, -0.25) is 4.79 Å². The molecule has 3 fully saturated rings. The summed E-state index contributed by atoms with van der Waals surface area (Å²) in [5, 5.41) is 4.18. The highest BCUT2D eigenvalue weighted by Gasteiger charge is 2.42. The van der Waals surface area contributed by atoms with Crippen LogP contribution in [-0.4, -0.2) is 40.1 Å². The highest BCUT2D eigenvalue weighted by Crippen LogP contribution is 2.42. The molecular formula is C20H33ClN4O2. The Labute approximate surface area is 168 Å². The molecule has 4 rings (SSSR count). The third-order valence-corrected chi connectivity index (χ3v) is 6.81. The largest absolute Gasteiger partial charge is 0.342 e. The maximum Gasteiger partial charge on any atom is 0.229 e. The standard InChI is InChI=1S/C20H32N4O2.ClH/c1-12(2)19-22-18(23-26-19)15-7-4-8-24(11-15)20(25)16-9-13-5-3-6-14(10-16)17(13)21;/h12-17H,3-11,21H2,1-2H3;1H. The molecule has 1 amide bonds. The topological polar surface area (TPSA) is 85.2 Å². The second kappa shape index (κ2) is 8.48. The van der Waals surface area contributed by atoms with Crippen LogP contribution >= 0.6 is 12.4 Å². The van der Waals surface area contributed by atoms with E-state index in [9.17, 15) is 4.79 Å². The third kappa shape index (κ3) is 4.16. The average Bonchev–Trinajstić information content (AvgIpc) is 3.11. The van der Waals surface area contributed by atoms with Crippen LogP contribution in [0.15, 0.2) is 4.52 Å². The van der Waals surface area contributed by atoms with Crippen LogP contribution in [0.5, 0.6) is 0 Å². The lowest BCUT2D eigenvalue weighted by Crippen LogP contribution is -2.51. The van der Waals surface area contributed by atoms with E-state index in [-0.39, 0.29) is 30.2 Å². The van der Waals surface area contributed by atoms with Gasteiger partial charge in [-0.05, 0) is 50.4 Å². The number of carbonyl (C=O) groups excluding carboxylic acids is 1. The number of rotatable bonds is 3. The van der Waals surface area contributed by atoms with Gasteiger partial charge < -0.3 is 15.2 Å². The molecule has 7 heteroatoms. The van der Waals surface area contributed by atoms with Crippen LogP contribution in [0.4, 0.5) is 0 Å². The Morgan fingerprint density at radius 1 is 1.19 bits per heavy atom. The van der Waals surface area contributed by atoms with Gasteiger partial charge in [-0.2, -0.15) is 4.98 Å². The quantitative estimate of drug-likeness (QED) is 0.845. The van der Waals surface area contributed by atoms with Crippen LogP contribution in [0.1, 0.15) is 82.3 Å². The summed E-state index contributed by atoms with van der Waals surface area (Å²) in [7, 11) is 0. The summed E-state index contributed by atoms with van der Waals surface area (Å²) < 4.78 is 5.37. The minimum absolute atomic E-state index is 0. The van der Waals surface area contributed by atoms with Gasteiger partial charge in [-0.15, -0.1) is 12.4 Å². The van der Waals surface area contributed by atoms with E-state index in [1.54, 1.807) is 0 Å². The molecule has 0 radical (unpaired) electrons. The van der Waals surface area contributed by atoms with Crippen molar-refractivity contribution in [2.75, 3.05) is 13.1 Å². The first-order valence-electron chi connectivity index (χ1n) is 10.4. The number of piperidine rings is 1. The minimum atomic E-state index is 0. The number of hydrogen-bond acceptors (Lipinski definition) is 5. The van der Waals surface area contributed by atoms with Crippen LogP contribution in [0.25, 0.3) is 0 Å². The molecule has 2 aliphatic carbocycles. The van der Waals surface area contributed by atoms with E-state index in [0.29, 0.717) is 29.7 Å². The molecule has 1 saturated heterocycles. The van der Waals surface area contributed by atoms with E-state index in [2.05, 4.69) is 28.9 Å². The summed E-state index contributed by atoms with van der Waals surface area (Å²) in [6.07, 6.45) is 7.69. The van der Waals surface area contributed by atoms with Crippen LogP contribution in [0, 0.1) is 17.8 Å². The highest BCUT2D eigenvalue weighted by atomic mass is 35.5. The predicted molar refractivity (Wildman–Crippen MR) is 106 cm³/mol. The Kier molecular flexibility index (Phi) is 6.46. The van der Waals surface area contributed by atoms with Crippen LogP contribution < -0.4 is 5.73 Å². The molecule has 27 heavy (non-hydrogen) atoms. The molecule has 2 N–H and O–H groups in total. The fraction of sp³-hybridized carbons (Fsp3) is 0.850. The van der Waals surface area contributed by atoms with Crippen LogP contribution in [0.2, 0.25) is 0 Å². The monoisotopic (exact) mass is 396 g/mol. The normalized spacial score (nSPS) is 33.6. The van der Waals surface area contributed by atoms with Crippen LogP contribution in [0.3, 0.4) is 0 Å².